The van der Waals surface area contributed by atoms with Crippen molar-refractivity contribution in [1.29, 1.82) is 0 Å². The molecule has 1 unspecified atom stereocenters. The van der Waals surface area contributed by atoms with E-state index in [0.717, 1.165) is 15.4 Å². The van der Waals surface area contributed by atoms with E-state index in [1.807, 2.05) is 40.7 Å². The van der Waals surface area contributed by atoms with Crippen LogP contribution in [0, 0.1) is 19.8 Å². The molecule has 0 spiro atoms. The second-order valence-corrected chi connectivity index (χ2v) is 13.3. The molecule has 238 valence electrons. The Labute approximate surface area is 266 Å². The average molecular weight is 644 g/mol. The molecule has 11 heteroatoms. The summed E-state index contributed by atoms with van der Waals surface area (Å²) in [6.07, 6.45) is 0.312. The topological polar surface area (TPSA) is 105 Å². The molecule has 0 aliphatic heterocycles. The number of hydrogen-bond acceptors (Lipinski definition) is 6. The van der Waals surface area contributed by atoms with E-state index in [4.69, 9.17) is 21.1 Å². The number of carbonyl (C=O) groups excluding carboxylic acids is 2. The van der Waals surface area contributed by atoms with Crippen LogP contribution < -0.4 is 19.1 Å². The van der Waals surface area contributed by atoms with Gasteiger partial charge in [0.05, 0.1) is 24.8 Å². The van der Waals surface area contributed by atoms with Gasteiger partial charge in [-0.2, -0.15) is 0 Å². The molecule has 3 aromatic carbocycles. The van der Waals surface area contributed by atoms with Gasteiger partial charge < -0.3 is 19.7 Å². The molecule has 0 saturated carbocycles. The van der Waals surface area contributed by atoms with Crippen molar-refractivity contribution in [2.24, 2.45) is 5.92 Å². The lowest BCUT2D eigenvalue weighted by Crippen LogP contribution is -2.52. The van der Waals surface area contributed by atoms with E-state index in [0.29, 0.717) is 35.0 Å². The number of halogens is 1. The van der Waals surface area contributed by atoms with Crippen molar-refractivity contribution in [3.05, 3.63) is 82.4 Å². The number of nitrogens with one attached hydrogen (secondary N) is 1. The Morgan fingerprint density at radius 3 is 2.14 bits per heavy atom. The molecule has 0 fully saturated rings. The number of rotatable bonds is 14. The molecule has 0 saturated heterocycles. The maximum absolute atomic E-state index is 14.3. The molecule has 0 radical (unpaired) electrons. The van der Waals surface area contributed by atoms with Gasteiger partial charge in [-0.1, -0.05) is 56.6 Å². The number of anilines is 1. The maximum atomic E-state index is 14.3. The molecule has 9 nitrogen and oxygen atoms in total. The molecular formula is C33H42ClN3O6S. The highest BCUT2D eigenvalue weighted by molar-refractivity contribution is 7.92. The second kappa shape index (κ2) is 15.3. The van der Waals surface area contributed by atoms with E-state index in [1.54, 1.807) is 36.4 Å². The van der Waals surface area contributed by atoms with Gasteiger partial charge >= 0.3 is 0 Å². The van der Waals surface area contributed by atoms with Crippen LogP contribution in [0.2, 0.25) is 5.02 Å². The summed E-state index contributed by atoms with van der Waals surface area (Å²) in [5, 5.41) is 3.36. The fourth-order valence-electron chi connectivity index (χ4n) is 4.88. The van der Waals surface area contributed by atoms with E-state index >= 15 is 0 Å². The number of methoxy groups -OCH3 is 2. The molecule has 3 rings (SSSR count). The van der Waals surface area contributed by atoms with Crippen LogP contribution in [0.4, 0.5) is 5.69 Å². The number of nitrogens with zero attached hydrogens (tertiary/aromatic N) is 2. The zero-order valence-corrected chi connectivity index (χ0v) is 28.0. The minimum atomic E-state index is -4.31. The molecule has 2 amide bonds. The monoisotopic (exact) mass is 643 g/mol. The predicted octanol–water partition coefficient (Wildman–Crippen LogP) is 5.75. The summed E-state index contributed by atoms with van der Waals surface area (Å²) >= 11 is 6.48. The molecule has 44 heavy (non-hydrogen) atoms. The summed E-state index contributed by atoms with van der Waals surface area (Å²) in [6.45, 7) is 9.38. The van der Waals surface area contributed by atoms with Gasteiger partial charge in [-0.25, -0.2) is 8.42 Å². The van der Waals surface area contributed by atoms with Crippen molar-refractivity contribution in [2.45, 2.75) is 58.5 Å². The predicted molar refractivity (Wildman–Crippen MR) is 174 cm³/mol. The first-order valence-corrected chi connectivity index (χ1v) is 16.3. The highest BCUT2D eigenvalue weighted by atomic mass is 35.5. The van der Waals surface area contributed by atoms with Crippen LogP contribution in [0.5, 0.6) is 11.5 Å². The van der Waals surface area contributed by atoms with Crippen LogP contribution in [0.1, 0.15) is 43.9 Å². The highest BCUT2D eigenvalue weighted by Crippen LogP contribution is 2.33. The molecule has 0 aliphatic carbocycles. The summed E-state index contributed by atoms with van der Waals surface area (Å²) in [5.74, 6) is -0.0732. The Kier molecular flexibility index (Phi) is 12.1. The third-order valence-electron chi connectivity index (χ3n) is 7.09. The van der Waals surface area contributed by atoms with Gasteiger partial charge in [0.25, 0.3) is 10.0 Å². The lowest BCUT2D eigenvalue weighted by molar-refractivity contribution is -0.140. The third kappa shape index (κ3) is 8.45. The lowest BCUT2D eigenvalue weighted by Gasteiger charge is -2.33. The second-order valence-electron chi connectivity index (χ2n) is 11.1. The molecule has 1 atom stereocenters. The highest BCUT2D eigenvalue weighted by Gasteiger charge is 2.34. The fraction of sp³-hybridized carbons (Fsp3) is 0.394. The molecular weight excluding hydrogens is 602 g/mol. The van der Waals surface area contributed by atoms with Crippen molar-refractivity contribution in [1.82, 2.24) is 10.2 Å². The Balaban J connectivity index is 2.14. The summed E-state index contributed by atoms with van der Waals surface area (Å²) in [6, 6.07) is 15.8. The molecule has 0 aromatic heterocycles. The van der Waals surface area contributed by atoms with Gasteiger partial charge in [0.15, 0.2) is 11.5 Å². The zero-order valence-electron chi connectivity index (χ0n) is 26.4. The lowest BCUT2D eigenvalue weighted by atomic mass is 10.1. The first kappa shape index (κ1) is 34.7. The van der Waals surface area contributed by atoms with E-state index in [2.05, 4.69) is 5.32 Å². The first-order valence-electron chi connectivity index (χ1n) is 14.5. The summed E-state index contributed by atoms with van der Waals surface area (Å²) in [5.41, 5.74) is 2.61. The van der Waals surface area contributed by atoms with Gasteiger partial charge in [0.2, 0.25) is 11.8 Å². The Morgan fingerprint density at radius 2 is 1.57 bits per heavy atom. The zero-order chi connectivity index (χ0) is 32.6. The standard InChI is InChI=1S/C33H42ClN3O6S/c1-8-29(33(39)35-19-22(2)3)36(20-25-11-9-10-12-28(25)34)32(38)21-37(26-16-23(4)15-24(5)17-26)44(40,41)27-13-14-30(42-6)31(18-27)43-7/h9-18,22,29H,8,19-21H2,1-7H3,(H,35,39). The Bertz CT molecular complexity index is 1560. The normalized spacial score (nSPS) is 12.0. The SMILES string of the molecule is CCC(C(=O)NCC(C)C)N(Cc1ccccc1Cl)C(=O)CN(c1cc(C)cc(C)c1)S(=O)(=O)c1ccc(OC)c(OC)c1. The van der Waals surface area contributed by atoms with Gasteiger partial charge in [-0.05, 0) is 73.2 Å². The third-order valence-corrected chi connectivity index (χ3v) is 9.22. The van der Waals surface area contributed by atoms with Crippen LogP contribution in [-0.4, -0.2) is 58.5 Å². The quantitative estimate of drug-likeness (QED) is 0.240. The van der Waals surface area contributed by atoms with E-state index < -0.39 is 28.5 Å². The van der Waals surface area contributed by atoms with Crippen molar-refractivity contribution in [2.75, 3.05) is 31.6 Å². The molecule has 0 bridgehead atoms. The largest absolute Gasteiger partial charge is 0.493 e. The number of ether oxygens (including phenoxy) is 2. The van der Waals surface area contributed by atoms with Crippen molar-refractivity contribution in [3.63, 3.8) is 0 Å². The van der Waals surface area contributed by atoms with Gasteiger partial charge in [-0.3, -0.25) is 13.9 Å². The minimum Gasteiger partial charge on any atom is -0.493 e. The van der Waals surface area contributed by atoms with E-state index in [9.17, 15) is 18.0 Å². The van der Waals surface area contributed by atoms with Gasteiger partial charge in [-0.15, -0.1) is 0 Å². The smallest absolute Gasteiger partial charge is 0.264 e. The number of carbonyl (C=O) groups is 2. The van der Waals surface area contributed by atoms with Crippen molar-refractivity contribution >= 4 is 39.1 Å². The summed E-state index contributed by atoms with van der Waals surface area (Å²) < 4.78 is 40.3. The molecule has 3 aromatic rings. The van der Waals surface area contributed by atoms with Crippen molar-refractivity contribution in [3.8, 4) is 11.5 Å². The van der Waals surface area contributed by atoms with Crippen LogP contribution in [0.25, 0.3) is 0 Å². The van der Waals surface area contributed by atoms with Gasteiger partial charge in [0.1, 0.15) is 12.6 Å². The first-order chi connectivity index (χ1) is 20.8. The molecule has 0 aliphatic rings. The Hall–Kier alpha value is -3.76. The van der Waals surface area contributed by atoms with Crippen LogP contribution in [-0.2, 0) is 26.2 Å². The number of benzene rings is 3. The maximum Gasteiger partial charge on any atom is 0.264 e. The number of amides is 2. The van der Waals surface area contributed by atoms with Crippen LogP contribution in [0.15, 0.2) is 65.6 Å². The van der Waals surface area contributed by atoms with E-state index in [-0.39, 0.29) is 29.0 Å². The number of aryl methyl sites for hydroxylation is 2. The van der Waals surface area contributed by atoms with Crippen molar-refractivity contribution < 1.29 is 27.5 Å². The summed E-state index contributed by atoms with van der Waals surface area (Å²) in [7, 11) is -1.43. The molecule has 0 heterocycles. The fourth-order valence-corrected chi connectivity index (χ4v) is 6.49. The van der Waals surface area contributed by atoms with Crippen LogP contribution >= 0.6 is 11.6 Å². The summed E-state index contributed by atoms with van der Waals surface area (Å²) in [4.78, 5) is 29.0. The van der Waals surface area contributed by atoms with Gasteiger partial charge in [0, 0.05) is 24.2 Å². The van der Waals surface area contributed by atoms with Crippen LogP contribution in [0.3, 0.4) is 0 Å². The average Bonchev–Trinajstić information content (AvgIpc) is 2.98. The number of hydrogen-bond donors (Lipinski definition) is 1. The molecule has 1 N–H and O–H groups in total. The number of sulfonamides is 1. The van der Waals surface area contributed by atoms with E-state index in [1.165, 1.54) is 37.3 Å². The minimum absolute atomic E-state index is 0.0171. The Morgan fingerprint density at radius 1 is 0.932 bits per heavy atom.